The molecule has 1 fully saturated rings. The molecule has 1 saturated heterocycles. The van der Waals surface area contributed by atoms with Gasteiger partial charge in [0.1, 0.15) is 12.4 Å². The van der Waals surface area contributed by atoms with Gasteiger partial charge in [0, 0.05) is 31.4 Å². The zero-order chi connectivity index (χ0) is 24.7. The summed E-state index contributed by atoms with van der Waals surface area (Å²) in [7, 11) is 4.41. The van der Waals surface area contributed by atoms with Crippen LogP contribution in [0.5, 0.6) is 0 Å². The Hall–Kier alpha value is -2.24. The molecule has 2 atom stereocenters. The van der Waals surface area contributed by atoms with Crippen LogP contribution in [0.2, 0.25) is 10.0 Å². The summed E-state index contributed by atoms with van der Waals surface area (Å²) in [6.45, 7) is 0.138. The summed E-state index contributed by atoms with van der Waals surface area (Å²) in [5.41, 5.74) is 2.24. The highest BCUT2D eigenvalue weighted by atomic mass is 35.5. The van der Waals surface area contributed by atoms with Crippen molar-refractivity contribution in [3.8, 4) is 11.3 Å². The molecule has 34 heavy (non-hydrogen) atoms. The molecule has 186 valence electrons. The summed E-state index contributed by atoms with van der Waals surface area (Å²) in [4.78, 5) is 23.1. The van der Waals surface area contributed by atoms with Crippen LogP contribution in [0.25, 0.3) is 11.3 Å². The van der Waals surface area contributed by atoms with Crippen LogP contribution >= 0.6 is 23.2 Å². The van der Waals surface area contributed by atoms with E-state index in [4.69, 9.17) is 52.1 Å². The maximum Gasteiger partial charge on any atom is 0.409 e. The van der Waals surface area contributed by atoms with Gasteiger partial charge in [-0.2, -0.15) is 0 Å². The van der Waals surface area contributed by atoms with Gasteiger partial charge in [0.2, 0.25) is 0 Å². The first-order chi connectivity index (χ1) is 16.4. The van der Waals surface area contributed by atoms with E-state index in [1.165, 1.54) is 12.0 Å². The van der Waals surface area contributed by atoms with E-state index in [1.54, 1.807) is 32.4 Å². The van der Waals surface area contributed by atoms with Crippen molar-refractivity contribution in [1.82, 2.24) is 14.9 Å². The van der Waals surface area contributed by atoms with E-state index < -0.39 is 18.9 Å². The summed E-state index contributed by atoms with van der Waals surface area (Å²) >= 11 is 12.5. The number of alkyl halides is 1. The van der Waals surface area contributed by atoms with Crippen molar-refractivity contribution in [3.63, 3.8) is 0 Å². The van der Waals surface area contributed by atoms with Gasteiger partial charge in [0.05, 0.1) is 62.0 Å². The van der Waals surface area contributed by atoms with Crippen molar-refractivity contribution in [2.24, 2.45) is 0 Å². The lowest BCUT2D eigenvalue weighted by molar-refractivity contribution is 0.0443. The summed E-state index contributed by atoms with van der Waals surface area (Å²) in [6.07, 6.45) is -0.961. The van der Waals surface area contributed by atoms with Gasteiger partial charge in [-0.25, -0.2) is 19.2 Å². The second-order valence-corrected chi connectivity index (χ2v) is 8.37. The number of hydrogen-bond donors (Lipinski definition) is 1. The Kier molecular flexibility index (Phi) is 9.66. The summed E-state index contributed by atoms with van der Waals surface area (Å²) in [6, 6.07) is 4.74. The van der Waals surface area contributed by atoms with E-state index in [0.29, 0.717) is 38.5 Å². The minimum Gasteiger partial charge on any atom is -0.453 e. The van der Waals surface area contributed by atoms with Crippen molar-refractivity contribution in [3.05, 3.63) is 39.6 Å². The molecule has 12 heteroatoms. The maximum atomic E-state index is 12.8. The number of benzene rings is 1. The number of amides is 1. The summed E-state index contributed by atoms with van der Waals surface area (Å²) in [5, 5.41) is 4.23. The number of nitrogens with zero attached hydrogens (tertiary/aromatic N) is 3. The van der Waals surface area contributed by atoms with E-state index >= 15 is 0 Å². The number of ether oxygens (including phenoxy) is 4. The van der Waals surface area contributed by atoms with Crippen molar-refractivity contribution in [2.75, 3.05) is 53.0 Å². The highest BCUT2D eigenvalue weighted by Crippen LogP contribution is 2.33. The predicted molar refractivity (Wildman–Crippen MR) is 126 cm³/mol. The number of halogens is 3. The summed E-state index contributed by atoms with van der Waals surface area (Å²) < 4.78 is 33.9. The molecular formula is C22H27Cl2FN4O5. The SMILES string of the molecule is COCc1nc(-c2ccc(Cl)cc2Cl)c(COC)nc1N[C@@H]1CN(C(=O)OC)C[C@@H]1OCCF. The Balaban J connectivity index is 1.99. The lowest BCUT2D eigenvalue weighted by atomic mass is 10.1. The minimum atomic E-state index is -0.634. The fraction of sp³-hybridized carbons (Fsp3) is 0.500. The smallest absolute Gasteiger partial charge is 0.409 e. The van der Waals surface area contributed by atoms with Gasteiger partial charge in [-0.15, -0.1) is 0 Å². The van der Waals surface area contributed by atoms with Crippen LogP contribution in [-0.2, 0) is 32.2 Å². The van der Waals surface area contributed by atoms with Gasteiger partial charge in [-0.05, 0) is 18.2 Å². The molecule has 0 aliphatic carbocycles. The number of likely N-dealkylation sites (tertiary alicyclic amines) is 1. The van der Waals surface area contributed by atoms with Crippen LogP contribution in [0.15, 0.2) is 18.2 Å². The zero-order valence-corrected chi connectivity index (χ0v) is 20.7. The Morgan fingerprint density at radius 1 is 1.15 bits per heavy atom. The number of carbonyl (C=O) groups excluding carboxylic acids is 1. The third kappa shape index (κ3) is 6.25. The second kappa shape index (κ2) is 12.5. The largest absolute Gasteiger partial charge is 0.453 e. The van der Waals surface area contributed by atoms with E-state index in [1.807, 2.05) is 0 Å². The first kappa shape index (κ1) is 26.4. The van der Waals surface area contributed by atoms with Crippen LogP contribution in [0.1, 0.15) is 11.4 Å². The monoisotopic (exact) mass is 516 g/mol. The molecule has 0 unspecified atom stereocenters. The van der Waals surface area contributed by atoms with Gasteiger partial charge in [-0.3, -0.25) is 0 Å². The molecule has 0 bridgehead atoms. The van der Waals surface area contributed by atoms with Crippen LogP contribution < -0.4 is 5.32 Å². The molecule has 0 spiro atoms. The molecule has 1 aromatic heterocycles. The molecule has 1 amide bonds. The van der Waals surface area contributed by atoms with Crippen molar-refractivity contribution >= 4 is 35.1 Å². The van der Waals surface area contributed by atoms with Gasteiger partial charge >= 0.3 is 6.09 Å². The zero-order valence-electron chi connectivity index (χ0n) is 19.1. The Morgan fingerprint density at radius 3 is 2.53 bits per heavy atom. The van der Waals surface area contributed by atoms with Crippen molar-refractivity contribution in [1.29, 1.82) is 0 Å². The molecule has 0 saturated carbocycles. The van der Waals surface area contributed by atoms with E-state index in [9.17, 15) is 9.18 Å². The molecule has 2 aromatic rings. The number of rotatable bonds is 10. The number of methoxy groups -OCH3 is 3. The Morgan fingerprint density at radius 2 is 1.88 bits per heavy atom. The summed E-state index contributed by atoms with van der Waals surface area (Å²) in [5.74, 6) is 0.438. The number of hydrogen-bond acceptors (Lipinski definition) is 8. The number of anilines is 1. The van der Waals surface area contributed by atoms with Crippen molar-refractivity contribution < 1.29 is 28.1 Å². The molecule has 3 rings (SSSR count). The number of aromatic nitrogens is 2. The molecular weight excluding hydrogens is 490 g/mol. The fourth-order valence-electron chi connectivity index (χ4n) is 3.72. The maximum absolute atomic E-state index is 12.8. The average molecular weight is 517 g/mol. The third-order valence-corrected chi connectivity index (χ3v) is 5.77. The minimum absolute atomic E-state index is 0.0859. The van der Waals surface area contributed by atoms with Crippen LogP contribution in [-0.4, -0.2) is 80.8 Å². The molecule has 1 N–H and O–H groups in total. The predicted octanol–water partition coefficient (Wildman–Crippen LogP) is 3.96. The average Bonchev–Trinajstić information content (AvgIpc) is 3.22. The van der Waals surface area contributed by atoms with Crippen molar-refractivity contribution in [2.45, 2.75) is 25.4 Å². The molecule has 1 aliphatic rings. The highest BCUT2D eigenvalue weighted by Gasteiger charge is 2.37. The van der Waals surface area contributed by atoms with Crippen LogP contribution in [0, 0.1) is 0 Å². The van der Waals surface area contributed by atoms with E-state index in [0.717, 1.165) is 0 Å². The molecule has 2 heterocycles. The standard InChI is InChI=1S/C22H27Cl2FN4O5/c1-31-11-17-20(14-5-4-13(23)8-15(14)24)26-18(12-32-2)21(28-17)27-16-9-29(22(30)33-3)10-19(16)34-7-6-25/h4-5,8,16,19H,6-7,9-12H2,1-3H3,(H,27,28)/t16-,19+/m1/s1. The lowest BCUT2D eigenvalue weighted by Gasteiger charge is -2.22. The highest BCUT2D eigenvalue weighted by molar-refractivity contribution is 6.36. The molecule has 1 aromatic carbocycles. The molecule has 1 aliphatic heterocycles. The quantitative estimate of drug-likeness (QED) is 0.506. The first-order valence-electron chi connectivity index (χ1n) is 10.5. The van der Waals surface area contributed by atoms with E-state index in [-0.39, 0.29) is 39.0 Å². The number of nitrogens with one attached hydrogen (secondary N) is 1. The van der Waals surface area contributed by atoms with Gasteiger partial charge in [-0.1, -0.05) is 23.2 Å². The van der Waals surface area contributed by atoms with Gasteiger partial charge in [0.15, 0.2) is 5.82 Å². The van der Waals surface area contributed by atoms with Crippen LogP contribution in [0.3, 0.4) is 0 Å². The number of carbonyl (C=O) groups is 1. The lowest BCUT2D eigenvalue weighted by Crippen LogP contribution is -2.36. The third-order valence-electron chi connectivity index (χ3n) is 5.22. The van der Waals surface area contributed by atoms with Crippen LogP contribution in [0.4, 0.5) is 15.0 Å². The first-order valence-corrected chi connectivity index (χ1v) is 11.3. The van der Waals surface area contributed by atoms with E-state index in [2.05, 4.69) is 5.32 Å². The second-order valence-electron chi connectivity index (χ2n) is 7.53. The Bertz CT molecular complexity index is 1000. The Labute approximate surface area is 207 Å². The molecule has 9 nitrogen and oxygen atoms in total. The fourth-order valence-corrected chi connectivity index (χ4v) is 4.22. The normalized spacial score (nSPS) is 17.8. The topological polar surface area (TPSA) is 95.0 Å². The van der Waals surface area contributed by atoms with Gasteiger partial charge < -0.3 is 29.2 Å². The van der Waals surface area contributed by atoms with Gasteiger partial charge in [0.25, 0.3) is 0 Å². The molecule has 0 radical (unpaired) electrons.